The largest absolute Gasteiger partial charge is 0.494 e. The van der Waals surface area contributed by atoms with Crippen LogP contribution in [0.1, 0.15) is 18.5 Å². The van der Waals surface area contributed by atoms with Gasteiger partial charge in [-0.15, -0.1) is 0 Å². The Balaban J connectivity index is 2.14. The van der Waals surface area contributed by atoms with Crippen LogP contribution in [-0.4, -0.2) is 22.6 Å². The van der Waals surface area contributed by atoms with Crippen molar-refractivity contribution in [2.24, 2.45) is 0 Å². The summed E-state index contributed by atoms with van der Waals surface area (Å²) < 4.78 is 44.2. The molecule has 1 atom stereocenters. The van der Waals surface area contributed by atoms with Crippen LogP contribution in [0.3, 0.4) is 0 Å². The minimum atomic E-state index is -3.45. The fraction of sp³-hybridized carbons (Fsp3) is 0.250. The number of hydrogen-bond acceptors (Lipinski definition) is 4. The molecule has 0 fully saturated rings. The monoisotopic (exact) mass is 338 g/mol. The predicted octanol–water partition coefficient (Wildman–Crippen LogP) is 2.92. The molecule has 2 aromatic rings. The summed E-state index contributed by atoms with van der Waals surface area (Å²) in [7, 11) is -0.670. The van der Waals surface area contributed by atoms with Crippen LogP contribution in [0.25, 0.3) is 0 Å². The van der Waals surface area contributed by atoms with Gasteiger partial charge in [0.05, 0.1) is 12.0 Å². The fourth-order valence-corrected chi connectivity index (χ4v) is 2.86. The summed E-state index contributed by atoms with van der Waals surface area (Å²) in [5.41, 5.74) is 1.50. The van der Waals surface area contributed by atoms with Gasteiger partial charge in [0.25, 0.3) is 0 Å². The first-order valence-electron chi connectivity index (χ1n) is 7.01. The third-order valence-corrected chi connectivity index (χ3v) is 4.92. The summed E-state index contributed by atoms with van der Waals surface area (Å²) in [5, 5.41) is 3.20. The smallest absolute Gasteiger partial charge is 0.240 e. The molecular formula is C16H19FN2O3S. The number of methoxy groups -OCH3 is 1. The lowest BCUT2D eigenvalue weighted by Crippen LogP contribution is -2.18. The van der Waals surface area contributed by atoms with Gasteiger partial charge in [-0.25, -0.2) is 17.5 Å². The lowest BCUT2D eigenvalue weighted by Gasteiger charge is -2.17. The molecule has 0 aliphatic rings. The minimum absolute atomic E-state index is 0.151. The van der Waals surface area contributed by atoms with Crippen LogP contribution in [0.15, 0.2) is 47.4 Å². The Bertz CT molecular complexity index is 776. The van der Waals surface area contributed by atoms with Gasteiger partial charge in [0.2, 0.25) is 10.0 Å². The summed E-state index contributed by atoms with van der Waals surface area (Å²) in [6.45, 7) is 1.89. The summed E-state index contributed by atoms with van der Waals surface area (Å²) in [4.78, 5) is 0.189. The van der Waals surface area contributed by atoms with E-state index in [-0.39, 0.29) is 16.7 Å². The standard InChI is InChI=1S/C16H19FN2O3S/c1-11(12-4-9-16(22-3)15(17)10-12)19-13-5-7-14(8-6-13)23(20,21)18-2/h4-11,18-19H,1-3H3. The number of sulfonamides is 1. The van der Waals surface area contributed by atoms with Crippen molar-refractivity contribution in [1.82, 2.24) is 4.72 Å². The quantitative estimate of drug-likeness (QED) is 0.850. The molecule has 0 saturated carbocycles. The van der Waals surface area contributed by atoms with E-state index in [4.69, 9.17) is 4.74 Å². The van der Waals surface area contributed by atoms with E-state index < -0.39 is 15.8 Å². The first-order valence-corrected chi connectivity index (χ1v) is 8.49. The van der Waals surface area contributed by atoms with Gasteiger partial charge in [0.15, 0.2) is 11.6 Å². The van der Waals surface area contributed by atoms with E-state index in [0.717, 1.165) is 11.3 Å². The number of benzene rings is 2. The number of rotatable bonds is 6. The molecule has 1 unspecified atom stereocenters. The Morgan fingerprint density at radius 3 is 2.30 bits per heavy atom. The molecule has 0 heterocycles. The molecule has 23 heavy (non-hydrogen) atoms. The average Bonchev–Trinajstić information content (AvgIpc) is 2.55. The number of hydrogen-bond donors (Lipinski definition) is 2. The van der Waals surface area contributed by atoms with E-state index in [1.54, 1.807) is 24.3 Å². The Morgan fingerprint density at radius 2 is 1.78 bits per heavy atom. The molecule has 2 rings (SSSR count). The third-order valence-electron chi connectivity index (χ3n) is 3.49. The molecule has 0 amide bonds. The van der Waals surface area contributed by atoms with E-state index in [2.05, 4.69) is 10.0 Å². The molecule has 0 bridgehead atoms. The lowest BCUT2D eigenvalue weighted by atomic mass is 10.1. The highest BCUT2D eigenvalue weighted by molar-refractivity contribution is 7.89. The summed E-state index contributed by atoms with van der Waals surface area (Å²) >= 11 is 0. The molecule has 0 aliphatic carbocycles. The normalized spacial score (nSPS) is 12.7. The highest BCUT2D eigenvalue weighted by atomic mass is 32.2. The first-order chi connectivity index (χ1) is 10.9. The van der Waals surface area contributed by atoms with Crippen LogP contribution in [0.2, 0.25) is 0 Å². The van der Waals surface area contributed by atoms with E-state index in [0.29, 0.717) is 0 Å². The molecule has 0 aromatic heterocycles. The molecule has 0 aliphatic heterocycles. The Kier molecular flexibility index (Phi) is 5.23. The first kappa shape index (κ1) is 17.2. The Morgan fingerprint density at radius 1 is 1.13 bits per heavy atom. The van der Waals surface area contributed by atoms with Crippen molar-refractivity contribution in [3.63, 3.8) is 0 Å². The van der Waals surface area contributed by atoms with Gasteiger partial charge in [-0.1, -0.05) is 6.07 Å². The maximum absolute atomic E-state index is 13.7. The maximum atomic E-state index is 13.7. The van der Waals surface area contributed by atoms with Crippen molar-refractivity contribution in [3.8, 4) is 5.75 Å². The molecular weight excluding hydrogens is 319 g/mol. The molecule has 0 radical (unpaired) electrons. The topological polar surface area (TPSA) is 67.4 Å². The van der Waals surface area contributed by atoms with E-state index >= 15 is 0 Å². The second-order valence-corrected chi connectivity index (χ2v) is 6.88. The van der Waals surface area contributed by atoms with E-state index in [1.165, 1.54) is 32.4 Å². The number of anilines is 1. The lowest BCUT2D eigenvalue weighted by molar-refractivity contribution is 0.386. The van der Waals surface area contributed by atoms with Gasteiger partial charge in [-0.2, -0.15) is 0 Å². The van der Waals surface area contributed by atoms with Gasteiger partial charge >= 0.3 is 0 Å². The Hall–Kier alpha value is -2.12. The van der Waals surface area contributed by atoms with Crippen LogP contribution in [0.5, 0.6) is 5.75 Å². The van der Waals surface area contributed by atoms with Gasteiger partial charge in [0, 0.05) is 11.7 Å². The molecule has 2 N–H and O–H groups in total. The molecule has 124 valence electrons. The van der Waals surface area contributed by atoms with Crippen LogP contribution < -0.4 is 14.8 Å². The second kappa shape index (κ2) is 6.97. The van der Waals surface area contributed by atoms with Crippen molar-refractivity contribution in [1.29, 1.82) is 0 Å². The zero-order chi connectivity index (χ0) is 17.0. The van der Waals surface area contributed by atoms with Crippen molar-refractivity contribution in [2.45, 2.75) is 17.9 Å². The van der Waals surface area contributed by atoms with Gasteiger partial charge in [-0.05, 0) is 55.9 Å². The molecule has 0 saturated heterocycles. The van der Waals surface area contributed by atoms with Gasteiger partial charge in [-0.3, -0.25) is 0 Å². The van der Waals surface area contributed by atoms with Crippen LogP contribution in [0.4, 0.5) is 10.1 Å². The van der Waals surface area contributed by atoms with Crippen molar-refractivity contribution >= 4 is 15.7 Å². The SMILES string of the molecule is CNS(=O)(=O)c1ccc(NC(C)c2ccc(OC)c(F)c2)cc1. The molecule has 0 spiro atoms. The van der Waals surface area contributed by atoms with Gasteiger partial charge < -0.3 is 10.1 Å². The number of nitrogens with one attached hydrogen (secondary N) is 2. The summed E-state index contributed by atoms with van der Waals surface area (Å²) in [6.07, 6.45) is 0. The van der Waals surface area contributed by atoms with Crippen LogP contribution in [0, 0.1) is 5.82 Å². The molecule has 7 heteroatoms. The van der Waals surface area contributed by atoms with E-state index in [9.17, 15) is 12.8 Å². The van der Waals surface area contributed by atoms with Crippen molar-refractivity contribution in [2.75, 3.05) is 19.5 Å². The highest BCUT2D eigenvalue weighted by Crippen LogP contribution is 2.25. The van der Waals surface area contributed by atoms with Crippen LogP contribution in [-0.2, 0) is 10.0 Å². The number of ether oxygens (including phenoxy) is 1. The van der Waals surface area contributed by atoms with Crippen molar-refractivity contribution in [3.05, 3.63) is 53.8 Å². The fourth-order valence-electron chi connectivity index (χ4n) is 2.13. The van der Waals surface area contributed by atoms with Crippen LogP contribution >= 0.6 is 0 Å². The number of halogens is 1. The average molecular weight is 338 g/mol. The minimum Gasteiger partial charge on any atom is -0.494 e. The Labute approximate surface area is 135 Å². The maximum Gasteiger partial charge on any atom is 0.240 e. The summed E-state index contributed by atoms with van der Waals surface area (Å²) in [6, 6.07) is 11.0. The highest BCUT2D eigenvalue weighted by Gasteiger charge is 2.12. The van der Waals surface area contributed by atoms with Gasteiger partial charge in [0.1, 0.15) is 0 Å². The second-order valence-electron chi connectivity index (χ2n) is 4.99. The zero-order valence-electron chi connectivity index (χ0n) is 13.1. The molecule has 5 nitrogen and oxygen atoms in total. The summed E-state index contributed by atoms with van der Waals surface area (Å²) in [5.74, 6) is -0.225. The predicted molar refractivity (Wildman–Crippen MR) is 87.7 cm³/mol. The van der Waals surface area contributed by atoms with Crippen molar-refractivity contribution < 1.29 is 17.5 Å². The van der Waals surface area contributed by atoms with E-state index in [1.807, 2.05) is 6.92 Å². The zero-order valence-corrected chi connectivity index (χ0v) is 13.9. The third kappa shape index (κ3) is 4.00. The molecule has 2 aromatic carbocycles.